The van der Waals surface area contributed by atoms with Crippen molar-refractivity contribution in [3.63, 3.8) is 0 Å². The molecule has 2 N–H and O–H groups in total. The number of nitrogens with two attached hydrogens (primary N) is 1. The van der Waals surface area contributed by atoms with Crippen molar-refractivity contribution >= 4 is 9.84 Å². The molecule has 0 radical (unpaired) electrons. The van der Waals surface area contributed by atoms with E-state index in [0.29, 0.717) is 0 Å². The van der Waals surface area contributed by atoms with Gasteiger partial charge >= 0.3 is 0 Å². The van der Waals surface area contributed by atoms with E-state index in [1.165, 1.54) is 18.2 Å². The predicted octanol–water partition coefficient (Wildman–Crippen LogP) is 2.92. The van der Waals surface area contributed by atoms with Crippen LogP contribution in [0.3, 0.4) is 0 Å². The summed E-state index contributed by atoms with van der Waals surface area (Å²) in [5.74, 6) is -0.822. The quantitative estimate of drug-likeness (QED) is 0.944. The monoisotopic (exact) mass is 307 g/mol. The van der Waals surface area contributed by atoms with Crippen molar-refractivity contribution in [1.29, 1.82) is 0 Å². The highest BCUT2D eigenvalue weighted by Crippen LogP contribution is 2.22. The first-order chi connectivity index (χ1) is 9.79. The summed E-state index contributed by atoms with van der Waals surface area (Å²) in [6.45, 7) is 3.82. The van der Waals surface area contributed by atoms with Crippen molar-refractivity contribution in [2.75, 3.05) is 5.75 Å². The summed E-state index contributed by atoms with van der Waals surface area (Å²) in [4.78, 5) is -0.0387. The van der Waals surface area contributed by atoms with Crippen LogP contribution >= 0.6 is 0 Å². The van der Waals surface area contributed by atoms with Crippen LogP contribution in [-0.4, -0.2) is 14.2 Å². The fourth-order valence-corrected chi connectivity index (χ4v) is 3.67. The third-order valence-corrected chi connectivity index (χ3v) is 5.16. The number of hydrogen-bond acceptors (Lipinski definition) is 3. The van der Waals surface area contributed by atoms with Gasteiger partial charge in [0.05, 0.1) is 10.6 Å². The standard InChI is InChI=1S/C16H18FNO2S/c1-11-6-7-12(2)15(8-11)16(18)10-21(19,20)14-5-3-4-13(17)9-14/h3-9,16H,10,18H2,1-2H3. The van der Waals surface area contributed by atoms with Gasteiger partial charge in [-0.3, -0.25) is 0 Å². The minimum atomic E-state index is -3.62. The van der Waals surface area contributed by atoms with Gasteiger partial charge in [0.15, 0.2) is 9.84 Å². The van der Waals surface area contributed by atoms with E-state index in [1.807, 2.05) is 32.0 Å². The van der Waals surface area contributed by atoms with Crippen molar-refractivity contribution in [1.82, 2.24) is 0 Å². The number of aryl methyl sites for hydroxylation is 2. The lowest BCUT2D eigenvalue weighted by Crippen LogP contribution is -2.22. The van der Waals surface area contributed by atoms with Crippen LogP contribution in [0.1, 0.15) is 22.7 Å². The Balaban J connectivity index is 2.30. The third kappa shape index (κ3) is 3.68. The topological polar surface area (TPSA) is 60.2 Å². The minimum Gasteiger partial charge on any atom is -0.323 e. The molecule has 0 fully saturated rings. The molecule has 5 heteroatoms. The zero-order valence-electron chi connectivity index (χ0n) is 12.0. The highest BCUT2D eigenvalue weighted by Gasteiger charge is 2.21. The van der Waals surface area contributed by atoms with Crippen LogP contribution in [0.15, 0.2) is 47.4 Å². The number of hydrogen-bond donors (Lipinski definition) is 1. The molecule has 1 atom stereocenters. The van der Waals surface area contributed by atoms with Crippen molar-refractivity contribution in [3.05, 3.63) is 65.0 Å². The molecule has 0 heterocycles. The second-order valence-corrected chi connectivity index (χ2v) is 7.24. The Bertz CT molecular complexity index is 757. The van der Waals surface area contributed by atoms with Crippen LogP contribution in [0.25, 0.3) is 0 Å². The number of sulfone groups is 1. The van der Waals surface area contributed by atoms with Gasteiger partial charge in [0.25, 0.3) is 0 Å². The number of rotatable bonds is 4. The van der Waals surface area contributed by atoms with E-state index in [1.54, 1.807) is 0 Å². The Morgan fingerprint density at radius 3 is 2.52 bits per heavy atom. The molecule has 0 aromatic heterocycles. The van der Waals surface area contributed by atoms with Crippen molar-refractivity contribution in [2.45, 2.75) is 24.8 Å². The lowest BCUT2D eigenvalue weighted by molar-refractivity contribution is 0.584. The zero-order chi connectivity index (χ0) is 15.6. The van der Waals surface area contributed by atoms with Gasteiger partial charge < -0.3 is 5.73 Å². The van der Waals surface area contributed by atoms with E-state index in [2.05, 4.69) is 0 Å². The zero-order valence-corrected chi connectivity index (χ0v) is 12.8. The Kier molecular flexibility index (Phi) is 4.44. The van der Waals surface area contributed by atoms with E-state index in [9.17, 15) is 12.8 Å². The average molecular weight is 307 g/mol. The van der Waals surface area contributed by atoms with E-state index in [-0.39, 0.29) is 10.6 Å². The average Bonchev–Trinajstić information content (AvgIpc) is 2.41. The second-order valence-electron chi connectivity index (χ2n) is 5.21. The molecular weight excluding hydrogens is 289 g/mol. The second kappa shape index (κ2) is 5.95. The van der Waals surface area contributed by atoms with Crippen molar-refractivity contribution in [3.8, 4) is 0 Å². The molecule has 0 aliphatic carbocycles. The van der Waals surface area contributed by atoms with E-state index in [0.717, 1.165) is 22.8 Å². The van der Waals surface area contributed by atoms with Gasteiger partial charge in [-0.25, -0.2) is 12.8 Å². The summed E-state index contributed by atoms with van der Waals surface area (Å²) in [6.07, 6.45) is 0. The largest absolute Gasteiger partial charge is 0.323 e. The maximum Gasteiger partial charge on any atom is 0.180 e. The van der Waals surface area contributed by atoms with Gasteiger partial charge in [-0.1, -0.05) is 29.8 Å². The van der Waals surface area contributed by atoms with E-state index >= 15 is 0 Å². The first kappa shape index (κ1) is 15.7. The van der Waals surface area contributed by atoms with Gasteiger partial charge in [0, 0.05) is 6.04 Å². The number of halogens is 1. The highest BCUT2D eigenvalue weighted by molar-refractivity contribution is 7.91. The molecule has 21 heavy (non-hydrogen) atoms. The summed E-state index contributed by atoms with van der Waals surface area (Å²) in [7, 11) is -3.62. The van der Waals surface area contributed by atoms with Crippen LogP contribution < -0.4 is 5.73 Å². The van der Waals surface area contributed by atoms with Crippen LogP contribution in [0, 0.1) is 19.7 Å². The van der Waals surface area contributed by atoms with Crippen molar-refractivity contribution < 1.29 is 12.8 Å². The molecule has 0 saturated carbocycles. The van der Waals surface area contributed by atoms with Crippen LogP contribution in [0.4, 0.5) is 4.39 Å². The predicted molar refractivity (Wildman–Crippen MR) is 81.3 cm³/mol. The Morgan fingerprint density at radius 1 is 1.14 bits per heavy atom. The maximum absolute atomic E-state index is 13.2. The van der Waals surface area contributed by atoms with Gasteiger partial charge in [0.1, 0.15) is 5.82 Å². The molecule has 1 unspecified atom stereocenters. The Labute approximate surface area is 124 Å². The molecule has 0 saturated heterocycles. The molecule has 2 aromatic rings. The summed E-state index contributed by atoms with van der Waals surface area (Å²) in [6, 6.07) is 10.1. The molecular formula is C16H18FNO2S. The fourth-order valence-electron chi connectivity index (χ4n) is 2.24. The summed E-state index contributed by atoms with van der Waals surface area (Å²) < 4.78 is 37.8. The first-order valence-corrected chi connectivity index (χ1v) is 8.26. The SMILES string of the molecule is Cc1ccc(C)c(C(N)CS(=O)(=O)c2cccc(F)c2)c1. The summed E-state index contributed by atoms with van der Waals surface area (Å²) in [5.41, 5.74) is 8.82. The van der Waals surface area contributed by atoms with Crippen LogP contribution in [-0.2, 0) is 9.84 Å². The minimum absolute atomic E-state index is 0.0387. The van der Waals surface area contributed by atoms with Gasteiger partial charge in [-0.2, -0.15) is 0 Å². The molecule has 0 bridgehead atoms. The molecule has 0 amide bonds. The maximum atomic E-state index is 13.2. The lowest BCUT2D eigenvalue weighted by Gasteiger charge is -2.16. The smallest absolute Gasteiger partial charge is 0.180 e. The molecule has 2 aromatic carbocycles. The van der Waals surface area contributed by atoms with E-state index < -0.39 is 21.7 Å². The lowest BCUT2D eigenvalue weighted by atomic mass is 10.0. The highest BCUT2D eigenvalue weighted by atomic mass is 32.2. The van der Waals surface area contributed by atoms with Crippen molar-refractivity contribution in [2.24, 2.45) is 5.73 Å². The van der Waals surface area contributed by atoms with Gasteiger partial charge in [-0.05, 0) is 43.2 Å². The normalized spacial score (nSPS) is 13.1. The Hall–Kier alpha value is -1.72. The van der Waals surface area contributed by atoms with Crippen LogP contribution in [0.2, 0.25) is 0 Å². The molecule has 3 nitrogen and oxygen atoms in total. The van der Waals surface area contributed by atoms with Crippen LogP contribution in [0.5, 0.6) is 0 Å². The first-order valence-electron chi connectivity index (χ1n) is 6.60. The summed E-state index contributed by atoms with van der Waals surface area (Å²) >= 11 is 0. The van der Waals surface area contributed by atoms with Gasteiger partial charge in [-0.15, -0.1) is 0 Å². The molecule has 0 spiro atoms. The molecule has 0 aliphatic rings. The molecule has 112 valence electrons. The van der Waals surface area contributed by atoms with Gasteiger partial charge in [0.2, 0.25) is 0 Å². The fraction of sp³-hybridized carbons (Fsp3) is 0.250. The third-order valence-electron chi connectivity index (χ3n) is 3.39. The Morgan fingerprint density at radius 2 is 1.86 bits per heavy atom. The molecule has 0 aliphatic heterocycles. The molecule has 2 rings (SSSR count). The number of benzene rings is 2. The van der Waals surface area contributed by atoms with E-state index in [4.69, 9.17) is 5.73 Å². The summed E-state index contributed by atoms with van der Waals surface area (Å²) in [5, 5.41) is 0.